The summed E-state index contributed by atoms with van der Waals surface area (Å²) in [7, 11) is 0. The van der Waals surface area contributed by atoms with Gasteiger partial charge in [0, 0.05) is 59.3 Å². The fourth-order valence-corrected chi connectivity index (χ4v) is 6.93. The Morgan fingerprint density at radius 1 is 0.691 bits per heavy atom. The quantitative estimate of drug-likeness (QED) is 0.104. The van der Waals surface area contributed by atoms with E-state index in [0.29, 0.717) is 5.56 Å². The van der Waals surface area contributed by atoms with E-state index in [1.165, 1.54) is 52.6 Å². The number of halogens is 1. The Hall–Kier alpha value is -4.99. The Morgan fingerprint density at radius 3 is 1.71 bits per heavy atom. The Bertz CT molecular complexity index is 2210. The second-order valence-corrected chi connectivity index (χ2v) is 14.7. The normalized spacial score (nSPS) is 11.2. The van der Waals surface area contributed by atoms with Crippen LogP contribution in [-0.2, 0) is 5.60 Å². The maximum atomic E-state index is 13.0. The molecule has 0 spiro atoms. The molecule has 0 aliphatic rings. The molecule has 55 heavy (non-hydrogen) atoms. The number of rotatable bonds is 6. The number of carbonyl (C=O) groups is 1. The van der Waals surface area contributed by atoms with Gasteiger partial charge in [0.25, 0.3) is 0 Å². The molecule has 0 saturated heterocycles. The van der Waals surface area contributed by atoms with Gasteiger partial charge in [-0.25, -0.2) is 14.4 Å². The van der Waals surface area contributed by atoms with Crippen LogP contribution in [0.5, 0.6) is 0 Å². The predicted molar refractivity (Wildman–Crippen MR) is 218 cm³/mol. The van der Waals surface area contributed by atoms with Crippen LogP contribution in [0.4, 0.5) is 4.39 Å². The molecule has 1 unspecified atom stereocenters. The summed E-state index contributed by atoms with van der Waals surface area (Å²) in [6, 6.07) is 29.9. The number of pyridine rings is 2. The number of carbonyl (C=O) groups excluding carboxylic acids is 1. The standard InChI is InChI=1S/C16H13FN2OS.C10H9NS.C10H8NS.C7H7NO.Li/c1-16(20,12-6-8-18-9-7-12)14-10-19-15(21-14)11-2-4-13(17)5-3-11;2*1-8-2-4-9(5-3-8)10-11-6-7-12-10;1-6(9)7-2-4-8-5-3-7;/h2-10,20H,1H3;2-7H,1H3;2-6H,1H3;2-5H,1H3;/q;;-1;;+1. The van der Waals surface area contributed by atoms with Gasteiger partial charge in [0.1, 0.15) is 21.4 Å². The van der Waals surface area contributed by atoms with E-state index in [2.05, 4.69) is 92.7 Å². The van der Waals surface area contributed by atoms with Crippen LogP contribution in [0.3, 0.4) is 0 Å². The van der Waals surface area contributed by atoms with Gasteiger partial charge in [0.2, 0.25) is 0 Å². The third-order valence-electron chi connectivity index (χ3n) is 7.83. The number of aromatic nitrogens is 5. The smallest absolute Gasteiger partial charge is 0.380 e. The summed E-state index contributed by atoms with van der Waals surface area (Å²) in [6.45, 7) is 7.43. The molecule has 272 valence electrons. The van der Waals surface area contributed by atoms with Gasteiger partial charge in [-0.2, -0.15) is 5.38 Å². The molecule has 1 atom stereocenters. The maximum Gasteiger partial charge on any atom is 1.00 e. The van der Waals surface area contributed by atoms with E-state index in [4.69, 9.17) is 0 Å². The summed E-state index contributed by atoms with van der Waals surface area (Å²) in [4.78, 5) is 31.8. The summed E-state index contributed by atoms with van der Waals surface area (Å²) in [5, 5.41) is 18.6. The van der Waals surface area contributed by atoms with Crippen molar-refractivity contribution in [3.63, 3.8) is 0 Å². The summed E-state index contributed by atoms with van der Waals surface area (Å²) in [5.41, 5.74) is 6.12. The second kappa shape index (κ2) is 21.2. The van der Waals surface area contributed by atoms with E-state index in [9.17, 15) is 14.3 Å². The number of hydrogen-bond acceptors (Lipinski definition) is 10. The molecule has 0 aliphatic carbocycles. The zero-order valence-corrected chi connectivity index (χ0v) is 33.5. The minimum absolute atomic E-state index is 0. The van der Waals surface area contributed by atoms with E-state index in [0.717, 1.165) is 31.0 Å². The van der Waals surface area contributed by atoms with Crippen LogP contribution in [0.25, 0.3) is 31.7 Å². The number of aryl methyl sites for hydroxylation is 2. The molecule has 0 aliphatic heterocycles. The van der Waals surface area contributed by atoms with Crippen molar-refractivity contribution >= 4 is 39.8 Å². The number of benzene rings is 3. The zero-order chi connectivity index (χ0) is 38.3. The Morgan fingerprint density at radius 2 is 1.22 bits per heavy atom. The molecule has 12 heteroatoms. The van der Waals surface area contributed by atoms with Crippen molar-refractivity contribution in [3.8, 4) is 31.7 Å². The van der Waals surface area contributed by atoms with Gasteiger partial charge in [-0.05, 0) is 86.8 Å². The molecule has 7 nitrogen and oxygen atoms in total. The number of nitrogens with zero attached hydrogens (tertiary/aromatic N) is 5. The third-order valence-corrected chi connectivity index (χ3v) is 10.7. The van der Waals surface area contributed by atoms with Crippen molar-refractivity contribution in [2.45, 2.75) is 33.3 Å². The SMILES string of the molecule is CC(=O)c1ccncc1.CC(O)(c1ccncc1)c1cnc(-c2ccc(F)cc2)s1.Cc1ccc(-c2nc[c-]s2)cc1.Cc1ccc(-c2nccs2)cc1.[Li+]. The number of ketones is 1. The van der Waals surface area contributed by atoms with Crippen molar-refractivity contribution in [3.05, 3.63) is 184 Å². The van der Waals surface area contributed by atoms with Crippen molar-refractivity contribution < 1.29 is 33.2 Å². The second-order valence-electron chi connectivity index (χ2n) is 12.0. The van der Waals surface area contributed by atoms with Gasteiger partial charge < -0.3 is 21.4 Å². The van der Waals surface area contributed by atoms with Gasteiger partial charge in [-0.1, -0.05) is 71.4 Å². The molecule has 1 N–H and O–H groups in total. The first-order valence-electron chi connectivity index (χ1n) is 16.7. The molecule has 0 bridgehead atoms. The molecule has 5 aromatic heterocycles. The molecule has 8 aromatic rings. The van der Waals surface area contributed by atoms with Crippen LogP contribution >= 0.6 is 34.0 Å². The first kappa shape index (κ1) is 42.7. The first-order valence-corrected chi connectivity index (χ1v) is 19.2. The minimum Gasteiger partial charge on any atom is -0.380 e. The number of aliphatic hydroxyl groups is 1. The average molecular weight is 778 g/mol. The molecule has 8 rings (SSSR count). The van der Waals surface area contributed by atoms with Crippen molar-refractivity contribution in [1.29, 1.82) is 0 Å². The predicted octanol–water partition coefficient (Wildman–Crippen LogP) is 7.93. The summed E-state index contributed by atoms with van der Waals surface area (Å²) < 4.78 is 13.0. The molecule has 5 heterocycles. The molecule has 0 saturated carbocycles. The van der Waals surface area contributed by atoms with Crippen molar-refractivity contribution in [2.75, 3.05) is 0 Å². The van der Waals surface area contributed by atoms with Gasteiger partial charge >= 0.3 is 18.9 Å². The van der Waals surface area contributed by atoms with Crippen molar-refractivity contribution in [1.82, 2.24) is 24.9 Å². The van der Waals surface area contributed by atoms with Gasteiger partial charge in [-0.3, -0.25) is 14.8 Å². The monoisotopic (exact) mass is 777 g/mol. The van der Waals surface area contributed by atoms with Gasteiger partial charge in [-0.15, -0.1) is 22.7 Å². The van der Waals surface area contributed by atoms with Crippen LogP contribution in [0.2, 0.25) is 0 Å². The molecular weight excluding hydrogens is 741 g/mol. The molecular formula is C43H37FLiN5O2S3. The van der Waals surface area contributed by atoms with Crippen LogP contribution in [0.15, 0.2) is 146 Å². The number of Topliss-reactive ketones (excluding diaryl/α,β-unsaturated/α-hetero) is 1. The van der Waals surface area contributed by atoms with Crippen LogP contribution in [0, 0.1) is 25.0 Å². The number of thiazole rings is 3. The van der Waals surface area contributed by atoms with E-state index in [1.54, 1.807) is 103 Å². The molecule has 3 aromatic carbocycles. The first-order chi connectivity index (χ1) is 26.1. The van der Waals surface area contributed by atoms with Gasteiger partial charge in [0.15, 0.2) is 5.78 Å². The van der Waals surface area contributed by atoms with E-state index >= 15 is 0 Å². The van der Waals surface area contributed by atoms with Gasteiger partial charge in [0.05, 0.1) is 4.88 Å². The van der Waals surface area contributed by atoms with Crippen LogP contribution < -0.4 is 18.9 Å². The summed E-state index contributed by atoms with van der Waals surface area (Å²) >= 11 is 4.61. The minimum atomic E-state index is -1.13. The fraction of sp³-hybridized carbons (Fsp3) is 0.116. The molecule has 0 fully saturated rings. The van der Waals surface area contributed by atoms with E-state index in [1.807, 2.05) is 11.6 Å². The summed E-state index contributed by atoms with van der Waals surface area (Å²) in [5.74, 6) is -0.197. The number of hydrogen-bond donors (Lipinski definition) is 1. The Balaban J connectivity index is 0.000000171. The zero-order valence-electron chi connectivity index (χ0n) is 31.1. The summed E-state index contributed by atoms with van der Waals surface area (Å²) in [6.07, 6.45) is 11.7. The van der Waals surface area contributed by atoms with E-state index in [-0.39, 0.29) is 30.5 Å². The van der Waals surface area contributed by atoms with E-state index < -0.39 is 5.60 Å². The molecule has 0 amide bonds. The fourth-order valence-electron chi connectivity index (χ4n) is 4.72. The van der Waals surface area contributed by atoms with Crippen LogP contribution in [0.1, 0.15) is 45.8 Å². The Kier molecular flexibility index (Phi) is 16.5. The average Bonchev–Trinajstić information content (AvgIpc) is 4.02. The van der Waals surface area contributed by atoms with Crippen molar-refractivity contribution in [2.24, 2.45) is 0 Å². The third kappa shape index (κ3) is 12.8. The topological polar surface area (TPSA) is 102 Å². The largest absolute Gasteiger partial charge is 1.00 e. The maximum absolute atomic E-state index is 13.0. The Labute approximate surface area is 344 Å². The van der Waals surface area contributed by atoms with Crippen LogP contribution in [-0.4, -0.2) is 35.8 Å². The molecule has 0 radical (unpaired) electrons.